The van der Waals surface area contributed by atoms with Crippen LogP contribution in [0.3, 0.4) is 0 Å². The third-order valence-corrected chi connectivity index (χ3v) is 8.16. The summed E-state index contributed by atoms with van der Waals surface area (Å²) in [5.74, 6) is 0. The van der Waals surface area contributed by atoms with Crippen LogP contribution in [0.1, 0.15) is 30.4 Å². The van der Waals surface area contributed by atoms with Gasteiger partial charge in [-0.1, -0.05) is 18.6 Å². The molecule has 0 saturated carbocycles. The zero-order chi connectivity index (χ0) is 22.0. The number of sulfonamides is 2. The number of halogens is 3. The smallest absolute Gasteiger partial charge is 0.207 e. The Hall–Kier alpha value is -1.95. The molecule has 0 spiro atoms. The van der Waals surface area contributed by atoms with E-state index in [2.05, 4.69) is 4.72 Å². The number of piperidine rings is 1. The highest BCUT2D eigenvalue weighted by molar-refractivity contribution is 7.89. The van der Waals surface area contributed by atoms with E-state index in [-0.39, 0.29) is 16.3 Å². The summed E-state index contributed by atoms with van der Waals surface area (Å²) in [6.07, 6.45) is -1.90. The molecule has 2 aromatic rings. The van der Waals surface area contributed by atoms with E-state index in [0.29, 0.717) is 30.8 Å². The topological polar surface area (TPSA) is 83.5 Å². The highest BCUT2D eigenvalue weighted by atomic mass is 32.2. The van der Waals surface area contributed by atoms with Crippen molar-refractivity contribution in [3.05, 3.63) is 59.7 Å². The fourth-order valence-electron chi connectivity index (χ4n) is 3.12. The number of hydrogen-bond donors (Lipinski definition) is 1. The fraction of sp³-hybridized carbons (Fsp3) is 0.368. The molecular weight excluding hydrogens is 441 g/mol. The van der Waals surface area contributed by atoms with Crippen molar-refractivity contribution >= 4 is 20.0 Å². The molecule has 3 rings (SSSR count). The van der Waals surface area contributed by atoms with Crippen molar-refractivity contribution in [1.29, 1.82) is 0 Å². The minimum Gasteiger partial charge on any atom is -0.207 e. The number of nitrogens with one attached hydrogen (secondary N) is 1. The lowest BCUT2D eigenvalue weighted by Gasteiger charge is -2.25. The van der Waals surface area contributed by atoms with Gasteiger partial charge in [0.05, 0.1) is 15.4 Å². The second-order valence-electron chi connectivity index (χ2n) is 6.96. The van der Waals surface area contributed by atoms with Crippen molar-refractivity contribution in [2.24, 2.45) is 0 Å². The molecule has 1 heterocycles. The van der Waals surface area contributed by atoms with E-state index in [1.807, 2.05) is 0 Å². The molecule has 0 aliphatic carbocycles. The molecule has 0 aromatic heterocycles. The van der Waals surface area contributed by atoms with Gasteiger partial charge in [0, 0.05) is 19.6 Å². The van der Waals surface area contributed by atoms with Gasteiger partial charge < -0.3 is 0 Å². The Morgan fingerprint density at radius 2 is 1.33 bits per heavy atom. The molecule has 0 bridgehead atoms. The maximum Gasteiger partial charge on any atom is 0.416 e. The van der Waals surface area contributed by atoms with E-state index in [4.69, 9.17) is 0 Å². The van der Waals surface area contributed by atoms with E-state index in [1.54, 1.807) is 0 Å². The Morgan fingerprint density at radius 3 is 1.87 bits per heavy atom. The molecule has 2 aromatic carbocycles. The van der Waals surface area contributed by atoms with Crippen LogP contribution in [0.15, 0.2) is 58.3 Å². The molecule has 1 saturated heterocycles. The molecule has 11 heteroatoms. The number of alkyl halides is 3. The SMILES string of the molecule is O=S(=O)(NCc1ccc(S(=O)(=O)N2CCCCC2)cc1)c1ccc(C(F)(F)F)cc1. The molecular formula is C19H21F3N2O4S2. The Morgan fingerprint density at radius 1 is 0.800 bits per heavy atom. The van der Waals surface area contributed by atoms with Crippen LogP contribution in [0.2, 0.25) is 0 Å². The molecule has 0 radical (unpaired) electrons. The fourth-order valence-corrected chi connectivity index (χ4v) is 5.65. The highest BCUT2D eigenvalue weighted by Gasteiger charge is 2.30. The van der Waals surface area contributed by atoms with Crippen molar-refractivity contribution in [3.63, 3.8) is 0 Å². The van der Waals surface area contributed by atoms with Crippen LogP contribution in [-0.4, -0.2) is 34.2 Å². The molecule has 30 heavy (non-hydrogen) atoms. The molecule has 0 amide bonds. The van der Waals surface area contributed by atoms with Gasteiger partial charge in [-0.2, -0.15) is 17.5 Å². The van der Waals surface area contributed by atoms with E-state index < -0.39 is 31.8 Å². The van der Waals surface area contributed by atoms with Gasteiger partial charge in [0.1, 0.15) is 0 Å². The van der Waals surface area contributed by atoms with Gasteiger partial charge in [0.2, 0.25) is 20.0 Å². The summed E-state index contributed by atoms with van der Waals surface area (Å²) in [6, 6.07) is 9.04. The first-order chi connectivity index (χ1) is 14.0. The van der Waals surface area contributed by atoms with Crippen LogP contribution in [0.5, 0.6) is 0 Å². The third-order valence-electron chi connectivity index (χ3n) is 4.83. The quantitative estimate of drug-likeness (QED) is 0.714. The third kappa shape index (κ3) is 5.20. The largest absolute Gasteiger partial charge is 0.416 e. The predicted molar refractivity (Wildman–Crippen MR) is 105 cm³/mol. The van der Waals surface area contributed by atoms with Gasteiger partial charge in [-0.25, -0.2) is 21.6 Å². The molecule has 6 nitrogen and oxygen atoms in total. The zero-order valence-corrected chi connectivity index (χ0v) is 17.5. The Labute approximate surface area is 173 Å². The van der Waals surface area contributed by atoms with Gasteiger partial charge in [-0.15, -0.1) is 0 Å². The summed E-state index contributed by atoms with van der Waals surface area (Å²) in [4.78, 5) is -0.154. The van der Waals surface area contributed by atoms with Gasteiger partial charge in [0.25, 0.3) is 0 Å². The average Bonchev–Trinajstić information content (AvgIpc) is 2.73. The summed E-state index contributed by atoms with van der Waals surface area (Å²) in [7, 11) is -7.60. The van der Waals surface area contributed by atoms with Crippen LogP contribution in [-0.2, 0) is 32.8 Å². The Bertz CT molecular complexity index is 1080. The maximum absolute atomic E-state index is 12.6. The lowest BCUT2D eigenvalue weighted by Crippen LogP contribution is -2.35. The van der Waals surface area contributed by atoms with E-state index in [9.17, 15) is 30.0 Å². The van der Waals surface area contributed by atoms with Crippen molar-refractivity contribution in [3.8, 4) is 0 Å². The van der Waals surface area contributed by atoms with E-state index in [1.165, 1.54) is 28.6 Å². The molecule has 1 aliphatic heterocycles. The van der Waals surface area contributed by atoms with Crippen molar-refractivity contribution < 1.29 is 30.0 Å². The monoisotopic (exact) mass is 462 g/mol. The summed E-state index contributed by atoms with van der Waals surface area (Å²) in [5.41, 5.74) is -0.421. The molecule has 164 valence electrons. The molecule has 0 unspecified atom stereocenters. The maximum atomic E-state index is 12.6. The van der Waals surface area contributed by atoms with Gasteiger partial charge in [-0.3, -0.25) is 0 Å². The second-order valence-corrected chi connectivity index (χ2v) is 10.7. The zero-order valence-electron chi connectivity index (χ0n) is 15.9. The first kappa shape index (κ1) is 22.7. The van der Waals surface area contributed by atoms with Gasteiger partial charge >= 0.3 is 6.18 Å². The lowest BCUT2D eigenvalue weighted by molar-refractivity contribution is -0.137. The minimum atomic E-state index is -4.55. The molecule has 1 N–H and O–H groups in total. The Balaban J connectivity index is 1.67. The van der Waals surface area contributed by atoms with Crippen LogP contribution in [0.4, 0.5) is 13.2 Å². The first-order valence-corrected chi connectivity index (χ1v) is 12.2. The van der Waals surface area contributed by atoms with Crippen LogP contribution in [0, 0.1) is 0 Å². The van der Waals surface area contributed by atoms with Crippen LogP contribution >= 0.6 is 0 Å². The molecule has 1 fully saturated rings. The normalized spacial score (nSPS) is 16.5. The lowest BCUT2D eigenvalue weighted by atomic mass is 10.2. The number of nitrogens with zero attached hydrogens (tertiary/aromatic N) is 1. The molecule has 0 atom stereocenters. The summed E-state index contributed by atoms with van der Waals surface area (Å²) >= 11 is 0. The molecule has 1 aliphatic rings. The van der Waals surface area contributed by atoms with Crippen molar-refractivity contribution in [2.45, 2.75) is 41.8 Å². The van der Waals surface area contributed by atoms with Crippen LogP contribution in [0.25, 0.3) is 0 Å². The van der Waals surface area contributed by atoms with Gasteiger partial charge in [-0.05, 0) is 54.8 Å². The second kappa shape index (κ2) is 8.66. The number of rotatable bonds is 6. The average molecular weight is 463 g/mol. The summed E-state index contributed by atoms with van der Waals surface area (Å²) in [5, 5.41) is 0. The van der Waals surface area contributed by atoms with E-state index in [0.717, 1.165) is 31.4 Å². The summed E-state index contributed by atoms with van der Waals surface area (Å²) < 4.78 is 91.5. The van der Waals surface area contributed by atoms with Gasteiger partial charge in [0.15, 0.2) is 0 Å². The van der Waals surface area contributed by atoms with Crippen molar-refractivity contribution in [2.75, 3.05) is 13.1 Å². The predicted octanol–water partition coefficient (Wildman–Crippen LogP) is 3.36. The number of benzene rings is 2. The first-order valence-electron chi connectivity index (χ1n) is 9.26. The minimum absolute atomic E-state index is 0.132. The number of hydrogen-bond acceptors (Lipinski definition) is 4. The van der Waals surface area contributed by atoms with E-state index >= 15 is 0 Å². The highest BCUT2D eigenvalue weighted by Crippen LogP contribution is 2.29. The Kier molecular flexibility index (Phi) is 6.56. The van der Waals surface area contributed by atoms with Crippen LogP contribution < -0.4 is 4.72 Å². The standard InChI is InChI=1S/C19H21F3N2O4S2/c20-19(21,22)16-6-10-17(11-7-16)29(25,26)23-14-15-4-8-18(9-5-15)30(27,28)24-12-2-1-3-13-24/h4-11,23H,1-3,12-14H2. The summed E-state index contributed by atoms with van der Waals surface area (Å²) in [6.45, 7) is 0.835. The van der Waals surface area contributed by atoms with Crippen molar-refractivity contribution in [1.82, 2.24) is 9.03 Å².